The zero-order chi connectivity index (χ0) is 12.3. The molecular weight excluding hydrogens is 204 g/mol. The second kappa shape index (κ2) is 4.47. The predicted molar refractivity (Wildman–Crippen MR) is 61.5 cm³/mol. The lowest BCUT2D eigenvalue weighted by atomic mass is 9.86. The number of carbonyl (C=O) groups is 2. The van der Waals surface area contributed by atoms with Crippen LogP contribution in [0.5, 0.6) is 5.75 Å². The van der Waals surface area contributed by atoms with E-state index >= 15 is 0 Å². The van der Waals surface area contributed by atoms with Crippen LogP contribution < -0.4 is 4.74 Å². The van der Waals surface area contributed by atoms with Crippen LogP contribution in [0.2, 0.25) is 0 Å². The average molecular weight is 220 g/mol. The van der Waals surface area contributed by atoms with Crippen LogP contribution in [0.4, 0.5) is 0 Å². The molecule has 0 fully saturated rings. The zero-order valence-electron chi connectivity index (χ0n) is 10.0. The van der Waals surface area contributed by atoms with E-state index in [4.69, 9.17) is 4.74 Å². The maximum Gasteiger partial charge on any atom is 0.308 e. The molecule has 0 N–H and O–H groups in total. The molecule has 3 heteroatoms. The molecule has 0 aliphatic heterocycles. The van der Waals surface area contributed by atoms with Gasteiger partial charge in [-0.3, -0.25) is 9.59 Å². The van der Waals surface area contributed by atoms with Gasteiger partial charge in [-0.1, -0.05) is 20.8 Å². The van der Waals surface area contributed by atoms with Gasteiger partial charge >= 0.3 is 5.97 Å². The molecule has 0 atom stereocenters. The van der Waals surface area contributed by atoms with Gasteiger partial charge in [0, 0.05) is 17.9 Å². The summed E-state index contributed by atoms with van der Waals surface area (Å²) >= 11 is 0. The number of hydrogen-bond acceptors (Lipinski definition) is 3. The SMILES string of the molecule is CC(=O)Oc1ccc(C(=O)C(C)(C)C)cc1. The van der Waals surface area contributed by atoms with Crippen molar-refractivity contribution in [3.8, 4) is 5.75 Å². The zero-order valence-corrected chi connectivity index (χ0v) is 10.0. The van der Waals surface area contributed by atoms with Crippen LogP contribution >= 0.6 is 0 Å². The summed E-state index contributed by atoms with van der Waals surface area (Å²) in [5.74, 6) is 0.162. The highest BCUT2D eigenvalue weighted by molar-refractivity contribution is 5.99. The normalized spacial score (nSPS) is 11.0. The first kappa shape index (κ1) is 12.4. The van der Waals surface area contributed by atoms with Crippen molar-refractivity contribution in [1.29, 1.82) is 0 Å². The number of carbonyl (C=O) groups excluding carboxylic acids is 2. The molecule has 86 valence electrons. The second-order valence-electron chi connectivity index (χ2n) is 4.70. The van der Waals surface area contributed by atoms with E-state index in [2.05, 4.69) is 0 Å². The largest absolute Gasteiger partial charge is 0.427 e. The summed E-state index contributed by atoms with van der Waals surface area (Å²) in [6.45, 7) is 6.95. The van der Waals surface area contributed by atoms with Crippen LogP contribution in [-0.4, -0.2) is 11.8 Å². The van der Waals surface area contributed by atoms with Crippen LogP contribution in [0.15, 0.2) is 24.3 Å². The first-order chi connectivity index (χ1) is 7.30. The molecule has 0 aliphatic rings. The Balaban J connectivity index is 2.87. The Morgan fingerprint density at radius 3 is 1.94 bits per heavy atom. The summed E-state index contributed by atoms with van der Waals surface area (Å²) in [7, 11) is 0. The Morgan fingerprint density at radius 2 is 1.56 bits per heavy atom. The highest BCUT2D eigenvalue weighted by Gasteiger charge is 2.22. The first-order valence-electron chi connectivity index (χ1n) is 5.14. The Hall–Kier alpha value is -1.64. The van der Waals surface area contributed by atoms with E-state index in [1.54, 1.807) is 24.3 Å². The van der Waals surface area contributed by atoms with Gasteiger partial charge in [0.1, 0.15) is 5.75 Å². The van der Waals surface area contributed by atoms with Gasteiger partial charge in [0.05, 0.1) is 0 Å². The van der Waals surface area contributed by atoms with Crippen LogP contribution in [-0.2, 0) is 4.79 Å². The molecule has 0 bridgehead atoms. The van der Waals surface area contributed by atoms with Crippen molar-refractivity contribution in [2.75, 3.05) is 0 Å². The summed E-state index contributed by atoms with van der Waals surface area (Å²) in [5, 5.41) is 0. The van der Waals surface area contributed by atoms with Gasteiger partial charge in [-0.05, 0) is 24.3 Å². The van der Waals surface area contributed by atoms with E-state index in [1.807, 2.05) is 20.8 Å². The van der Waals surface area contributed by atoms with Crippen molar-refractivity contribution in [2.45, 2.75) is 27.7 Å². The molecule has 0 spiro atoms. The van der Waals surface area contributed by atoms with Crippen molar-refractivity contribution < 1.29 is 14.3 Å². The van der Waals surface area contributed by atoms with Crippen LogP contribution in [0.25, 0.3) is 0 Å². The second-order valence-corrected chi connectivity index (χ2v) is 4.70. The molecule has 1 aromatic carbocycles. The fraction of sp³-hybridized carbons (Fsp3) is 0.385. The summed E-state index contributed by atoms with van der Waals surface area (Å²) in [6, 6.07) is 6.60. The quantitative estimate of drug-likeness (QED) is 0.437. The molecule has 0 aliphatic carbocycles. The third-order valence-electron chi connectivity index (χ3n) is 2.06. The number of hydrogen-bond donors (Lipinski definition) is 0. The van der Waals surface area contributed by atoms with Gasteiger partial charge in [-0.2, -0.15) is 0 Å². The number of ether oxygens (including phenoxy) is 1. The Morgan fingerprint density at radius 1 is 1.06 bits per heavy atom. The summed E-state index contributed by atoms with van der Waals surface area (Å²) in [6.07, 6.45) is 0. The fourth-order valence-corrected chi connectivity index (χ4v) is 1.27. The topological polar surface area (TPSA) is 43.4 Å². The van der Waals surface area contributed by atoms with E-state index in [1.165, 1.54) is 6.92 Å². The smallest absolute Gasteiger partial charge is 0.308 e. The molecule has 0 heterocycles. The third kappa shape index (κ3) is 3.19. The highest BCUT2D eigenvalue weighted by atomic mass is 16.5. The summed E-state index contributed by atoms with van der Waals surface area (Å²) < 4.78 is 4.88. The number of benzene rings is 1. The lowest BCUT2D eigenvalue weighted by molar-refractivity contribution is -0.131. The number of esters is 1. The van der Waals surface area contributed by atoms with Gasteiger partial charge < -0.3 is 4.74 Å². The number of Topliss-reactive ketones (excluding diaryl/α,β-unsaturated/α-hetero) is 1. The van der Waals surface area contributed by atoms with Crippen molar-refractivity contribution in [1.82, 2.24) is 0 Å². The lowest BCUT2D eigenvalue weighted by Crippen LogP contribution is -2.20. The highest BCUT2D eigenvalue weighted by Crippen LogP contribution is 2.22. The molecule has 0 amide bonds. The van der Waals surface area contributed by atoms with Crippen molar-refractivity contribution in [3.63, 3.8) is 0 Å². The molecule has 1 rings (SSSR count). The maximum atomic E-state index is 11.9. The number of ketones is 1. The van der Waals surface area contributed by atoms with Crippen LogP contribution in [0, 0.1) is 5.41 Å². The first-order valence-corrected chi connectivity index (χ1v) is 5.14. The lowest BCUT2D eigenvalue weighted by Gasteiger charge is -2.16. The van der Waals surface area contributed by atoms with Gasteiger partial charge in [-0.15, -0.1) is 0 Å². The van der Waals surface area contributed by atoms with E-state index in [-0.39, 0.29) is 11.8 Å². The molecule has 0 saturated heterocycles. The standard InChI is InChI=1S/C13H16O3/c1-9(14)16-11-7-5-10(6-8-11)12(15)13(2,3)4/h5-8H,1-4H3. The average Bonchev–Trinajstić information content (AvgIpc) is 2.15. The molecule has 0 radical (unpaired) electrons. The van der Waals surface area contributed by atoms with Gasteiger partial charge in [0.25, 0.3) is 0 Å². The molecule has 16 heavy (non-hydrogen) atoms. The van der Waals surface area contributed by atoms with Crippen molar-refractivity contribution in [2.24, 2.45) is 5.41 Å². The minimum absolute atomic E-state index is 0.0712. The Labute approximate surface area is 95.4 Å². The fourth-order valence-electron chi connectivity index (χ4n) is 1.27. The number of rotatable bonds is 2. The third-order valence-corrected chi connectivity index (χ3v) is 2.06. The minimum atomic E-state index is -0.400. The van der Waals surface area contributed by atoms with Crippen LogP contribution in [0.3, 0.4) is 0 Å². The van der Waals surface area contributed by atoms with E-state index in [0.717, 1.165) is 0 Å². The predicted octanol–water partition coefficient (Wildman–Crippen LogP) is 2.84. The van der Waals surface area contributed by atoms with E-state index in [9.17, 15) is 9.59 Å². The monoisotopic (exact) mass is 220 g/mol. The molecule has 0 saturated carbocycles. The van der Waals surface area contributed by atoms with Crippen LogP contribution in [0.1, 0.15) is 38.1 Å². The van der Waals surface area contributed by atoms with Gasteiger partial charge in [0.15, 0.2) is 5.78 Å². The molecule has 0 aromatic heterocycles. The Bertz CT molecular complexity index is 396. The van der Waals surface area contributed by atoms with Gasteiger partial charge in [0.2, 0.25) is 0 Å². The molecular formula is C13H16O3. The molecule has 0 unspecified atom stereocenters. The molecule has 1 aromatic rings. The Kier molecular flexibility index (Phi) is 3.48. The minimum Gasteiger partial charge on any atom is -0.427 e. The van der Waals surface area contributed by atoms with Crippen molar-refractivity contribution >= 4 is 11.8 Å². The van der Waals surface area contributed by atoms with Crippen molar-refractivity contribution in [3.05, 3.63) is 29.8 Å². The summed E-state index contributed by atoms with van der Waals surface area (Å²) in [4.78, 5) is 22.6. The molecule has 3 nitrogen and oxygen atoms in total. The van der Waals surface area contributed by atoms with E-state index < -0.39 is 5.41 Å². The summed E-state index contributed by atoms with van der Waals surface area (Å²) in [5.41, 5.74) is 0.228. The van der Waals surface area contributed by atoms with Gasteiger partial charge in [-0.25, -0.2) is 0 Å². The maximum absolute atomic E-state index is 11.9. The van der Waals surface area contributed by atoms with E-state index in [0.29, 0.717) is 11.3 Å².